The Kier molecular flexibility index (Phi) is 3.68. The molecule has 2 aromatic rings. The topological polar surface area (TPSA) is 99.4 Å². The van der Waals surface area contributed by atoms with Gasteiger partial charge < -0.3 is 14.3 Å². The number of nitrogens with one attached hydrogen (secondary N) is 1. The van der Waals surface area contributed by atoms with Crippen LogP contribution < -0.4 is 9.83 Å². The minimum atomic E-state index is -3.79. The molecule has 0 radical (unpaired) electrons. The lowest BCUT2D eigenvalue weighted by Crippen LogP contribution is -2.25. The van der Waals surface area contributed by atoms with Gasteiger partial charge in [0.15, 0.2) is 0 Å². The second kappa shape index (κ2) is 5.25. The number of aromatic carboxylic acids is 1. The van der Waals surface area contributed by atoms with Crippen LogP contribution in [-0.4, -0.2) is 14.4 Å². The van der Waals surface area contributed by atoms with E-state index >= 15 is 0 Å². The molecule has 1 N–H and O–H groups in total. The molecule has 1 aromatic carbocycles. The van der Waals surface area contributed by atoms with Crippen molar-refractivity contribution in [3.8, 4) is 0 Å². The third kappa shape index (κ3) is 3.21. The lowest BCUT2D eigenvalue weighted by molar-refractivity contribution is -0.255. The van der Waals surface area contributed by atoms with Gasteiger partial charge in [0.05, 0.1) is 23.7 Å². The summed E-state index contributed by atoms with van der Waals surface area (Å²) >= 11 is 0. The van der Waals surface area contributed by atoms with Crippen molar-refractivity contribution in [3.05, 3.63) is 54.0 Å². The highest BCUT2D eigenvalue weighted by Crippen LogP contribution is 2.12. The van der Waals surface area contributed by atoms with Gasteiger partial charge >= 0.3 is 0 Å². The van der Waals surface area contributed by atoms with Crippen LogP contribution in [-0.2, 0) is 16.6 Å². The molecular formula is C12H10NO5S-. The number of carboxylic acids is 1. The van der Waals surface area contributed by atoms with E-state index in [1.54, 1.807) is 12.1 Å². The van der Waals surface area contributed by atoms with Gasteiger partial charge in [-0.3, -0.25) is 0 Å². The normalized spacial score (nSPS) is 11.4. The maximum absolute atomic E-state index is 11.9. The van der Waals surface area contributed by atoms with E-state index in [2.05, 4.69) is 4.72 Å². The van der Waals surface area contributed by atoms with E-state index < -0.39 is 16.0 Å². The first-order chi connectivity index (χ1) is 8.99. The summed E-state index contributed by atoms with van der Waals surface area (Å²) in [5.74, 6) is -0.970. The van der Waals surface area contributed by atoms with Crippen LogP contribution in [0.25, 0.3) is 0 Å². The molecule has 0 atom stereocenters. The van der Waals surface area contributed by atoms with Crippen molar-refractivity contribution < 1.29 is 22.7 Å². The van der Waals surface area contributed by atoms with Gasteiger partial charge in [0.2, 0.25) is 10.0 Å². The summed E-state index contributed by atoms with van der Waals surface area (Å²) in [6.45, 7) is -0.00905. The zero-order valence-electron chi connectivity index (χ0n) is 9.70. The SMILES string of the molecule is O=C([O-])c1cccc(S(=O)(=O)NCc2ccco2)c1. The molecule has 0 spiro atoms. The van der Waals surface area contributed by atoms with Crippen LogP contribution in [0.4, 0.5) is 0 Å². The second-order valence-electron chi connectivity index (χ2n) is 3.72. The number of carbonyl (C=O) groups excluding carboxylic acids is 1. The number of carbonyl (C=O) groups is 1. The Morgan fingerprint density at radius 3 is 2.68 bits per heavy atom. The first-order valence-electron chi connectivity index (χ1n) is 5.32. The van der Waals surface area contributed by atoms with Crippen molar-refractivity contribution in [2.24, 2.45) is 0 Å². The lowest BCUT2D eigenvalue weighted by Gasteiger charge is -2.08. The highest BCUT2D eigenvalue weighted by Gasteiger charge is 2.14. The van der Waals surface area contributed by atoms with Gasteiger partial charge in [0, 0.05) is 0 Å². The van der Waals surface area contributed by atoms with Gasteiger partial charge in [-0.05, 0) is 29.8 Å². The molecule has 0 fully saturated rings. The van der Waals surface area contributed by atoms with Crippen LogP contribution in [0.2, 0.25) is 0 Å². The Labute approximate surface area is 109 Å². The molecule has 0 aliphatic carbocycles. The Morgan fingerprint density at radius 1 is 1.26 bits per heavy atom. The highest BCUT2D eigenvalue weighted by molar-refractivity contribution is 7.89. The monoisotopic (exact) mass is 280 g/mol. The van der Waals surface area contributed by atoms with Crippen LogP contribution in [0.3, 0.4) is 0 Å². The molecule has 6 nitrogen and oxygen atoms in total. The Balaban J connectivity index is 2.19. The predicted molar refractivity (Wildman–Crippen MR) is 63.5 cm³/mol. The Bertz CT molecular complexity index is 676. The van der Waals surface area contributed by atoms with Crippen LogP contribution in [0, 0.1) is 0 Å². The number of furan rings is 1. The maximum atomic E-state index is 11.9. The van der Waals surface area contributed by atoms with Gasteiger partial charge in [0.25, 0.3) is 0 Å². The smallest absolute Gasteiger partial charge is 0.240 e. The van der Waals surface area contributed by atoms with E-state index in [1.807, 2.05) is 0 Å². The fourth-order valence-electron chi connectivity index (χ4n) is 1.45. The van der Waals surface area contributed by atoms with E-state index in [-0.39, 0.29) is 17.0 Å². The van der Waals surface area contributed by atoms with E-state index in [9.17, 15) is 18.3 Å². The van der Waals surface area contributed by atoms with Crippen molar-refractivity contribution in [1.82, 2.24) is 4.72 Å². The first-order valence-corrected chi connectivity index (χ1v) is 6.81. The van der Waals surface area contributed by atoms with Gasteiger partial charge in [-0.1, -0.05) is 12.1 Å². The zero-order chi connectivity index (χ0) is 13.9. The largest absolute Gasteiger partial charge is 0.545 e. The summed E-state index contributed by atoms with van der Waals surface area (Å²) in [7, 11) is -3.79. The van der Waals surface area contributed by atoms with Crippen molar-refractivity contribution in [2.75, 3.05) is 0 Å². The molecule has 1 aromatic heterocycles. The van der Waals surface area contributed by atoms with Crippen LogP contribution >= 0.6 is 0 Å². The van der Waals surface area contributed by atoms with E-state index in [1.165, 1.54) is 24.5 Å². The van der Waals surface area contributed by atoms with Crippen LogP contribution in [0.15, 0.2) is 52.0 Å². The molecular weight excluding hydrogens is 270 g/mol. The fourth-order valence-corrected chi connectivity index (χ4v) is 2.49. The number of hydrogen-bond donors (Lipinski definition) is 1. The molecule has 0 amide bonds. The minimum Gasteiger partial charge on any atom is -0.545 e. The Hall–Kier alpha value is -2.12. The molecule has 19 heavy (non-hydrogen) atoms. The van der Waals surface area contributed by atoms with Crippen molar-refractivity contribution in [2.45, 2.75) is 11.4 Å². The number of benzene rings is 1. The fraction of sp³-hybridized carbons (Fsp3) is 0.0833. The number of carboxylic acid groups (broad SMARTS) is 1. The lowest BCUT2D eigenvalue weighted by atomic mass is 10.2. The number of rotatable bonds is 5. The molecule has 0 saturated carbocycles. The van der Waals surface area contributed by atoms with Crippen LogP contribution in [0.5, 0.6) is 0 Å². The number of sulfonamides is 1. The summed E-state index contributed by atoms with van der Waals surface area (Å²) in [5, 5.41) is 10.7. The predicted octanol–water partition coefficient (Wildman–Crippen LogP) is 0.122. The Morgan fingerprint density at radius 2 is 2.05 bits per heavy atom. The maximum Gasteiger partial charge on any atom is 0.240 e. The minimum absolute atomic E-state index is 0.00905. The van der Waals surface area contributed by atoms with E-state index in [0.29, 0.717) is 5.76 Å². The van der Waals surface area contributed by atoms with Crippen LogP contribution in [0.1, 0.15) is 16.1 Å². The summed E-state index contributed by atoms with van der Waals surface area (Å²) in [4.78, 5) is 10.5. The van der Waals surface area contributed by atoms with E-state index in [0.717, 1.165) is 6.07 Å². The molecule has 7 heteroatoms. The van der Waals surface area contributed by atoms with Crippen molar-refractivity contribution in [1.29, 1.82) is 0 Å². The van der Waals surface area contributed by atoms with Gasteiger partial charge in [-0.15, -0.1) is 0 Å². The van der Waals surface area contributed by atoms with Crippen molar-refractivity contribution >= 4 is 16.0 Å². The van der Waals surface area contributed by atoms with Gasteiger partial charge in [-0.25, -0.2) is 13.1 Å². The highest BCUT2D eigenvalue weighted by atomic mass is 32.2. The van der Waals surface area contributed by atoms with Gasteiger partial charge in [-0.2, -0.15) is 0 Å². The zero-order valence-corrected chi connectivity index (χ0v) is 10.5. The summed E-state index contributed by atoms with van der Waals surface area (Å²) in [6, 6.07) is 8.21. The number of hydrogen-bond acceptors (Lipinski definition) is 5. The molecule has 0 aliphatic rings. The molecule has 0 unspecified atom stereocenters. The summed E-state index contributed by atoms with van der Waals surface area (Å²) in [5.41, 5.74) is -0.194. The second-order valence-corrected chi connectivity index (χ2v) is 5.49. The third-order valence-corrected chi connectivity index (χ3v) is 3.80. The summed E-state index contributed by atoms with van der Waals surface area (Å²) in [6.07, 6.45) is 1.43. The summed E-state index contributed by atoms with van der Waals surface area (Å²) < 4.78 is 31.2. The molecule has 0 aliphatic heterocycles. The quantitative estimate of drug-likeness (QED) is 0.838. The average molecular weight is 280 g/mol. The molecule has 0 bridgehead atoms. The van der Waals surface area contributed by atoms with Gasteiger partial charge in [0.1, 0.15) is 5.76 Å². The third-order valence-electron chi connectivity index (χ3n) is 2.40. The molecule has 100 valence electrons. The van der Waals surface area contributed by atoms with E-state index in [4.69, 9.17) is 4.42 Å². The molecule has 1 heterocycles. The molecule has 0 saturated heterocycles. The molecule has 2 rings (SSSR count). The average Bonchev–Trinajstić information content (AvgIpc) is 2.90. The standard InChI is InChI=1S/C12H11NO5S/c14-12(15)9-3-1-5-11(7-9)19(16,17)13-8-10-4-2-6-18-10/h1-7,13H,8H2,(H,14,15)/p-1. The van der Waals surface area contributed by atoms with Crippen molar-refractivity contribution in [3.63, 3.8) is 0 Å². The first kappa shape index (κ1) is 13.3.